The van der Waals surface area contributed by atoms with E-state index in [1.54, 1.807) is 13.0 Å². The number of ketones is 1. The van der Waals surface area contributed by atoms with Crippen LogP contribution in [0.5, 0.6) is 5.75 Å². The maximum absolute atomic E-state index is 12.1. The molecule has 0 fully saturated rings. The molecule has 4 rings (SSSR count). The Morgan fingerprint density at radius 2 is 2.04 bits per heavy atom. The molecule has 6 heteroatoms. The second-order valence-corrected chi connectivity index (χ2v) is 7.01. The zero-order chi connectivity index (χ0) is 19.7. The van der Waals surface area contributed by atoms with Crippen molar-refractivity contribution in [1.82, 2.24) is 15.5 Å². The number of aromatic nitrogens is 2. The van der Waals surface area contributed by atoms with Crippen molar-refractivity contribution in [3.63, 3.8) is 0 Å². The molecule has 2 aromatic carbocycles. The van der Waals surface area contributed by atoms with E-state index in [0.29, 0.717) is 24.2 Å². The summed E-state index contributed by atoms with van der Waals surface area (Å²) in [5, 5.41) is 9.59. The van der Waals surface area contributed by atoms with E-state index in [1.807, 2.05) is 43.3 Å². The Hall–Kier alpha value is -3.41. The molecule has 28 heavy (non-hydrogen) atoms. The van der Waals surface area contributed by atoms with Crippen LogP contribution in [0.15, 0.2) is 48.5 Å². The Balaban J connectivity index is 1.46. The molecular formula is C22H21N3O3. The van der Waals surface area contributed by atoms with E-state index in [-0.39, 0.29) is 17.8 Å². The van der Waals surface area contributed by atoms with Crippen LogP contribution in [0.1, 0.15) is 39.0 Å². The standard InChI is InChI=1S/C22H21N3O3/c1-13-9-20(25-24-13)22(27)23-12-17-11-16-10-15(7-8-21(16)28-17)19-6-4-3-5-18(19)14(2)26/h3-10,17H,11-12H2,1-2H3,(H,23,27)(H,24,25). The zero-order valence-electron chi connectivity index (χ0n) is 15.8. The van der Waals surface area contributed by atoms with Gasteiger partial charge in [0.15, 0.2) is 5.78 Å². The summed E-state index contributed by atoms with van der Waals surface area (Å²) in [5.74, 6) is 0.639. The summed E-state index contributed by atoms with van der Waals surface area (Å²) in [7, 11) is 0. The molecule has 0 saturated carbocycles. The van der Waals surface area contributed by atoms with Gasteiger partial charge in [0.1, 0.15) is 17.5 Å². The van der Waals surface area contributed by atoms with Gasteiger partial charge in [0.2, 0.25) is 0 Å². The maximum atomic E-state index is 12.1. The number of benzene rings is 2. The highest BCUT2D eigenvalue weighted by Crippen LogP contribution is 2.34. The summed E-state index contributed by atoms with van der Waals surface area (Å²) in [4.78, 5) is 24.1. The molecule has 0 bridgehead atoms. The first-order chi connectivity index (χ1) is 13.5. The largest absolute Gasteiger partial charge is 0.488 e. The lowest BCUT2D eigenvalue weighted by molar-refractivity contribution is 0.0928. The van der Waals surface area contributed by atoms with Crippen LogP contribution in [-0.4, -0.2) is 34.5 Å². The molecule has 1 unspecified atom stereocenters. The molecule has 2 N–H and O–H groups in total. The molecule has 0 saturated heterocycles. The minimum Gasteiger partial charge on any atom is -0.488 e. The fourth-order valence-electron chi connectivity index (χ4n) is 3.48. The molecular weight excluding hydrogens is 354 g/mol. The topological polar surface area (TPSA) is 84.1 Å². The summed E-state index contributed by atoms with van der Waals surface area (Å²) in [6.07, 6.45) is 0.572. The normalized spacial score (nSPS) is 15.0. The molecule has 0 spiro atoms. The highest BCUT2D eigenvalue weighted by Gasteiger charge is 2.24. The third-order valence-electron chi connectivity index (χ3n) is 4.85. The van der Waals surface area contributed by atoms with Gasteiger partial charge in [0.05, 0.1) is 6.54 Å². The number of fused-ring (bicyclic) bond motifs is 1. The molecule has 3 aromatic rings. The van der Waals surface area contributed by atoms with Crippen LogP contribution in [0.25, 0.3) is 11.1 Å². The third-order valence-corrected chi connectivity index (χ3v) is 4.85. The van der Waals surface area contributed by atoms with Crippen LogP contribution in [-0.2, 0) is 6.42 Å². The molecule has 6 nitrogen and oxygen atoms in total. The van der Waals surface area contributed by atoms with Crippen molar-refractivity contribution in [3.05, 3.63) is 71.0 Å². The summed E-state index contributed by atoms with van der Waals surface area (Å²) in [5.41, 5.74) is 4.91. The maximum Gasteiger partial charge on any atom is 0.271 e. The van der Waals surface area contributed by atoms with E-state index in [0.717, 1.165) is 28.1 Å². The van der Waals surface area contributed by atoms with Crippen LogP contribution in [0.3, 0.4) is 0 Å². The van der Waals surface area contributed by atoms with Crippen molar-refractivity contribution < 1.29 is 14.3 Å². The number of aryl methyl sites for hydroxylation is 1. The van der Waals surface area contributed by atoms with Gasteiger partial charge in [-0.05, 0) is 48.7 Å². The smallest absolute Gasteiger partial charge is 0.271 e. The monoisotopic (exact) mass is 375 g/mol. The van der Waals surface area contributed by atoms with Crippen molar-refractivity contribution in [2.75, 3.05) is 6.54 Å². The van der Waals surface area contributed by atoms with Crippen LogP contribution >= 0.6 is 0 Å². The van der Waals surface area contributed by atoms with Gasteiger partial charge < -0.3 is 10.1 Å². The van der Waals surface area contributed by atoms with Crippen molar-refractivity contribution in [1.29, 1.82) is 0 Å². The van der Waals surface area contributed by atoms with E-state index >= 15 is 0 Å². The molecule has 1 aromatic heterocycles. The fraction of sp³-hybridized carbons (Fsp3) is 0.227. The molecule has 0 radical (unpaired) electrons. The predicted octanol–water partition coefficient (Wildman–Crippen LogP) is 3.32. The molecule has 1 aliphatic rings. The van der Waals surface area contributed by atoms with Crippen molar-refractivity contribution >= 4 is 11.7 Å². The number of aromatic amines is 1. The Kier molecular flexibility index (Phi) is 4.69. The number of Topliss-reactive ketones (excluding diaryl/α,β-unsaturated/α-hetero) is 1. The number of carbonyl (C=O) groups is 2. The van der Waals surface area contributed by atoms with Gasteiger partial charge in [0.25, 0.3) is 5.91 Å². The number of nitrogens with zero attached hydrogens (tertiary/aromatic N) is 1. The van der Waals surface area contributed by atoms with E-state index < -0.39 is 0 Å². The lowest BCUT2D eigenvalue weighted by Gasteiger charge is -2.11. The summed E-state index contributed by atoms with van der Waals surface area (Å²) in [6, 6.07) is 15.3. The van der Waals surface area contributed by atoms with Gasteiger partial charge in [-0.2, -0.15) is 5.10 Å². The number of carbonyl (C=O) groups excluding carboxylic acids is 2. The predicted molar refractivity (Wildman–Crippen MR) is 106 cm³/mol. The number of nitrogens with one attached hydrogen (secondary N) is 2. The van der Waals surface area contributed by atoms with E-state index in [1.165, 1.54) is 0 Å². The number of H-pyrrole nitrogens is 1. The number of hydrogen-bond acceptors (Lipinski definition) is 4. The third kappa shape index (κ3) is 3.53. The molecule has 2 heterocycles. The lowest BCUT2D eigenvalue weighted by Crippen LogP contribution is -2.34. The van der Waals surface area contributed by atoms with E-state index in [4.69, 9.17) is 4.74 Å². The van der Waals surface area contributed by atoms with E-state index in [2.05, 4.69) is 21.6 Å². The highest BCUT2D eigenvalue weighted by molar-refractivity contribution is 6.00. The highest BCUT2D eigenvalue weighted by atomic mass is 16.5. The molecule has 1 amide bonds. The Morgan fingerprint density at radius 3 is 2.79 bits per heavy atom. The van der Waals surface area contributed by atoms with E-state index in [9.17, 15) is 9.59 Å². The average molecular weight is 375 g/mol. The lowest BCUT2D eigenvalue weighted by atomic mass is 9.95. The minimum absolute atomic E-state index is 0.0431. The first kappa shape index (κ1) is 18.0. The van der Waals surface area contributed by atoms with Gasteiger partial charge in [-0.15, -0.1) is 0 Å². The summed E-state index contributed by atoms with van der Waals surface area (Å²) in [6.45, 7) is 3.83. The average Bonchev–Trinajstić information content (AvgIpc) is 3.31. The SMILES string of the molecule is CC(=O)c1ccccc1-c1ccc2c(c1)CC(CNC(=O)c1cc(C)[nH]n1)O2. The number of ether oxygens (including phenoxy) is 1. The fourth-order valence-corrected chi connectivity index (χ4v) is 3.48. The van der Waals surface area contributed by atoms with Crippen LogP contribution in [0.2, 0.25) is 0 Å². The van der Waals surface area contributed by atoms with Crippen molar-refractivity contribution in [2.24, 2.45) is 0 Å². The Morgan fingerprint density at radius 1 is 1.21 bits per heavy atom. The Bertz CT molecular complexity index is 1050. The molecule has 0 aliphatic carbocycles. The zero-order valence-corrected chi connectivity index (χ0v) is 15.8. The minimum atomic E-state index is -0.222. The second kappa shape index (κ2) is 7.31. The van der Waals surface area contributed by atoms with Crippen molar-refractivity contribution in [2.45, 2.75) is 26.4 Å². The van der Waals surface area contributed by atoms with Crippen LogP contribution in [0.4, 0.5) is 0 Å². The number of amides is 1. The molecule has 1 atom stereocenters. The molecule has 142 valence electrons. The number of hydrogen-bond donors (Lipinski definition) is 2. The molecule has 1 aliphatic heterocycles. The first-order valence-electron chi connectivity index (χ1n) is 9.21. The van der Waals surface area contributed by atoms with Crippen LogP contribution in [0, 0.1) is 6.92 Å². The van der Waals surface area contributed by atoms with Gasteiger partial charge in [-0.1, -0.05) is 30.3 Å². The van der Waals surface area contributed by atoms with Crippen LogP contribution < -0.4 is 10.1 Å². The summed E-state index contributed by atoms with van der Waals surface area (Å²) < 4.78 is 5.96. The van der Waals surface area contributed by atoms with Gasteiger partial charge in [0, 0.05) is 17.7 Å². The quantitative estimate of drug-likeness (QED) is 0.670. The van der Waals surface area contributed by atoms with Crippen molar-refractivity contribution in [3.8, 4) is 16.9 Å². The Labute approximate surface area is 162 Å². The number of rotatable bonds is 5. The van der Waals surface area contributed by atoms with Gasteiger partial charge in [-0.3, -0.25) is 14.7 Å². The van der Waals surface area contributed by atoms with Gasteiger partial charge in [-0.25, -0.2) is 0 Å². The van der Waals surface area contributed by atoms with Gasteiger partial charge >= 0.3 is 0 Å². The second-order valence-electron chi connectivity index (χ2n) is 7.01. The first-order valence-corrected chi connectivity index (χ1v) is 9.21. The summed E-state index contributed by atoms with van der Waals surface area (Å²) >= 11 is 0.